The van der Waals surface area contributed by atoms with Crippen LogP contribution >= 0.6 is 22.9 Å². The van der Waals surface area contributed by atoms with E-state index in [4.69, 9.17) is 11.6 Å². The summed E-state index contributed by atoms with van der Waals surface area (Å²) < 4.78 is 0. The molecule has 1 amide bonds. The van der Waals surface area contributed by atoms with Crippen LogP contribution in [-0.2, 0) is 4.79 Å². The van der Waals surface area contributed by atoms with Gasteiger partial charge in [-0.05, 0) is 42.5 Å². The van der Waals surface area contributed by atoms with E-state index < -0.39 is 0 Å². The molecular formula is C22H17ClN2OS. The van der Waals surface area contributed by atoms with Crippen molar-refractivity contribution >= 4 is 33.8 Å². The quantitative estimate of drug-likeness (QED) is 0.592. The molecule has 4 rings (SSSR count). The summed E-state index contributed by atoms with van der Waals surface area (Å²) in [5.74, 6) is 0.148. The molecule has 134 valence electrons. The van der Waals surface area contributed by atoms with Gasteiger partial charge >= 0.3 is 0 Å². The number of anilines is 1. The molecule has 27 heavy (non-hydrogen) atoms. The molecule has 2 atom stereocenters. The summed E-state index contributed by atoms with van der Waals surface area (Å²) in [6, 6.07) is 19.8. The minimum absolute atomic E-state index is 0.0210. The van der Waals surface area contributed by atoms with Gasteiger partial charge in [0.2, 0.25) is 5.91 Å². The number of carbonyl (C=O) groups is 1. The monoisotopic (exact) mass is 392 g/mol. The molecule has 0 aliphatic heterocycles. The summed E-state index contributed by atoms with van der Waals surface area (Å²) in [7, 11) is 0. The fourth-order valence-corrected chi connectivity index (χ4v) is 4.62. The Labute approximate surface area is 167 Å². The highest BCUT2D eigenvalue weighted by molar-refractivity contribution is 7.17. The number of hydrogen-bond acceptors (Lipinski definition) is 3. The van der Waals surface area contributed by atoms with E-state index >= 15 is 0 Å². The third-order valence-corrected chi connectivity index (χ3v) is 6.19. The number of aryl methyl sites for hydroxylation is 1. The predicted molar refractivity (Wildman–Crippen MR) is 110 cm³/mol. The smallest absolute Gasteiger partial charge is 0.228 e. The van der Waals surface area contributed by atoms with Gasteiger partial charge in [0.05, 0.1) is 5.56 Å². The highest BCUT2D eigenvalue weighted by atomic mass is 35.5. The first-order chi connectivity index (χ1) is 13.1. The Hall–Kier alpha value is -2.61. The number of halogens is 1. The second-order valence-electron chi connectivity index (χ2n) is 6.70. The van der Waals surface area contributed by atoms with Crippen LogP contribution < -0.4 is 5.32 Å². The van der Waals surface area contributed by atoms with Crippen LogP contribution in [0.4, 0.5) is 5.00 Å². The Morgan fingerprint density at radius 1 is 1.19 bits per heavy atom. The maximum absolute atomic E-state index is 12.7. The molecule has 2 aromatic carbocycles. The largest absolute Gasteiger partial charge is 0.316 e. The Bertz CT molecular complexity index is 1030. The lowest BCUT2D eigenvalue weighted by molar-refractivity contribution is -0.117. The van der Waals surface area contributed by atoms with Crippen LogP contribution in [-0.4, -0.2) is 5.91 Å². The number of amides is 1. The van der Waals surface area contributed by atoms with Gasteiger partial charge in [0.1, 0.15) is 11.1 Å². The molecule has 3 nitrogen and oxygen atoms in total. The van der Waals surface area contributed by atoms with E-state index in [1.54, 1.807) is 0 Å². The molecule has 1 fully saturated rings. The molecule has 1 aliphatic rings. The SMILES string of the molecule is Cc1sc(NC(=O)[C@@H]2C[C@H]2c2ccc(Cl)cc2)c(C#N)c1-c1ccccc1. The van der Waals surface area contributed by atoms with Gasteiger partial charge in [-0.3, -0.25) is 4.79 Å². The fourth-order valence-electron chi connectivity index (χ4n) is 3.46. The lowest BCUT2D eigenvalue weighted by atomic mass is 10.0. The number of hydrogen-bond donors (Lipinski definition) is 1. The van der Waals surface area contributed by atoms with Gasteiger partial charge in [0, 0.05) is 21.4 Å². The van der Waals surface area contributed by atoms with Gasteiger partial charge in [0.15, 0.2) is 0 Å². The number of rotatable bonds is 4. The summed E-state index contributed by atoms with van der Waals surface area (Å²) in [6.45, 7) is 1.98. The van der Waals surface area contributed by atoms with E-state index in [0.29, 0.717) is 15.6 Å². The van der Waals surface area contributed by atoms with Crippen molar-refractivity contribution in [1.82, 2.24) is 0 Å². The lowest BCUT2D eigenvalue weighted by Crippen LogP contribution is -2.14. The van der Waals surface area contributed by atoms with Gasteiger partial charge < -0.3 is 5.32 Å². The van der Waals surface area contributed by atoms with Gasteiger partial charge in [-0.15, -0.1) is 11.3 Å². The number of nitriles is 1. The summed E-state index contributed by atoms with van der Waals surface area (Å²) >= 11 is 7.40. The molecule has 1 N–H and O–H groups in total. The van der Waals surface area contributed by atoms with Crippen molar-refractivity contribution < 1.29 is 4.79 Å². The van der Waals surface area contributed by atoms with Gasteiger partial charge in [0.25, 0.3) is 0 Å². The average molecular weight is 393 g/mol. The molecule has 5 heteroatoms. The number of benzene rings is 2. The molecular weight excluding hydrogens is 376 g/mol. The first-order valence-electron chi connectivity index (χ1n) is 8.73. The van der Waals surface area contributed by atoms with Crippen LogP contribution in [0.25, 0.3) is 11.1 Å². The molecule has 1 aliphatic carbocycles. The van der Waals surface area contributed by atoms with Crippen LogP contribution in [0.1, 0.15) is 28.3 Å². The van der Waals surface area contributed by atoms with Crippen molar-refractivity contribution in [3.63, 3.8) is 0 Å². The highest BCUT2D eigenvalue weighted by Gasteiger charge is 2.44. The van der Waals surface area contributed by atoms with E-state index in [9.17, 15) is 10.1 Å². The summed E-state index contributed by atoms with van der Waals surface area (Å²) in [5.41, 5.74) is 3.57. The van der Waals surface area contributed by atoms with Crippen molar-refractivity contribution in [2.45, 2.75) is 19.3 Å². The zero-order valence-corrected chi connectivity index (χ0v) is 16.3. The van der Waals surface area contributed by atoms with Crippen molar-refractivity contribution in [3.8, 4) is 17.2 Å². The van der Waals surface area contributed by atoms with Gasteiger partial charge in [-0.25, -0.2) is 0 Å². The number of carbonyl (C=O) groups excluding carboxylic acids is 1. The van der Waals surface area contributed by atoms with Crippen molar-refractivity contribution in [2.24, 2.45) is 5.92 Å². The molecule has 1 heterocycles. The number of nitrogens with zero attached hydrogens (tertiary/aromatic N) is 1. The third kappa shape index (κ3) is 3.49. The minimum Gasteiger partial charge on any atom is -0.316 e. The standard InChI is InChI=1S/C22H17ClN2OS/c1-13-20(15-5-3-2-4-6-15)19(12-24)22(27-13)25-21(26)18-11-17(18)14-7-9-16(23)10-8-14/h2-10,17-18H,11H2,1H3,(H,25,26)/t17-,18+/m0/s1. The maximum Gasteiger partial charge on any atom is 0.228 e. The molecule has 3 aromatic rings. The second-order valence-corrected chi connectivity index (χ2v) is 8.37. The first kappa shape index (κ1) is 17.8. The topological polar surface area (TPSA) is 52.9 Å². The maximum atomic E-state index is 12.7. The zero-order valence-electron chi connectivity index (χ0n) is 14.7. The molecule has 1 saturated carbocycles. The van der Waals surface area contributed by atoms with E-state index in [1.807, 2.05) is 61.5 Å². The second kappa shape index (κ2) is 7.19. The molecule has 0 saturated heterocycles. The average Bonchev–Trinajstić information content (AvgIpc) is 3.41. The Kier molecular flexibility index (Phi) is 4.73. The van der Waals surface area contributed by atoms with Gasteiger partial charge in [-0.2, -0.15) is 5.26 Å². The van der Waals surface area contributed by atoms with Crippen LogP contribution in [0.2, 0.25) is 5.02 Å². The normalized spacial score (nSPS) is 18.0. The van der Waals surface area contributed by atoms with Crippen LogP contribution in [0.3, 0.4) is 0 Å². The molecule has 0 spiro atoms. The minimum atomic E-state index is -0.0553. The first-order valence-corrected chi connectivity index (χ1v) is 9.93. The summed E-state index contributed by atoms with van der Waals surface area (Å²) in [6.07, 6.45) is 0.825. The molecule has 0 radical (unpaired) electrons. The van der Waals surface area contributed by atoms with E-state index in [0.717, 1.165) is 28.0 Å². The Morgan fingerprint density at radius 3 is 2.56 bits per heavy atom. The van der Waals surface area contributed by atoms with Crippen LogP contribution in [0.15, 0.2) is 54.6 Å². The Balaban J connectivity index is 1.54. The Morgan fingerprint density at radius 2 is 1.89 bits per heavy atom. The molecule has 1 aromatic heterocycles. The third-order valence-electron chi connectivity index (χ3n) is 4.92. The summed E-state index contributed by atoms with van der Waals surface area (Å²) in [5, 5.41) is 14.0. The van der Waals surface area contributed by atoms with E-state index in [1.165, 1.54) is 11.3 Å². The number of thiophene rings is 1. The molecule has 0 unspecified atom stereocenters. The number of nitrogens with one attached hydrogen (secondary N) is 1. The van der Waals surface area contributed by atoms with Crippen molar-refractivity contribution in [1.29, 1.82) is 5.26 Å². The fraction of sp³-hybridized carbons (Fsp3) is 0.182. The lowest BCUT2D eigenvalue weighted by Gasteiger charge is -2.05. The molecule has 0 bridgehead atoms. The van der Waals surface area contributed by atoms with E-state index in [-0.39, 0.29) is 17.7 Å². The van der Waals surface area contributed by atoms with E-state index in [2.05, 4.69) is 11.4 Å². The summed E-state index contributed by atoms with van der Waals surface area (Å²) in [4.78, 5) is 13.7. The van der Waals surface area contributed by atoms with Gasteiger partial charge in [-0.1, -0.05) is 54.1 Å². The zero-order chi connectivity index (χ0) is 19.0. The predicted octanol–water partition coefficient (Wildman–Crippen LogP) is 5.99. The van der Waals surface area contributed by atoms with Crippen LogP contribution in [0.5, 0.6) is 0 Å². The van der Waals surface area contributed by atoms with Crippen LogP contribution in [0, 0.1) is 24.2 Å². The highest BCUT2D eigenvalue weighted by Crippen LogP contribution is 2.49. The van der Waals surface area contributed by atoms with Crippen molar-refractivity contribution in [2.75, 3.05) is 5.32 Å². The van der Waals surface area contributed by atoms with Crippen molar-refractivity contribution in [3.05, 3.63) is 75.6 Å².